The van der Waals surface area contributed by atoms with Gasteiger partial charge in [-0.25, -0.2) is 14.4 Å². The Bertz CT molecular complexity index is 1270. The molecule has 1 amide bonds. The lowest BCUT2D eigenvalue weighted by Gasteiger charge is -2.25. The average molecular weight is 482 g/mol. The number of carbonyl (C=O) groups excluding carboxylic acids is 1. The number of aromatic nitrogens is 2. The number of halogens is 2. The molecule has 1 aliphatic heterocycles. The predicted octanol–water partition coefficient (Wildman–Crippen LogP) is 4.51. The van der Waals surface area contributed by atoms with Gasteiger partial charge >= 0.3 is 0 Å². The average Bonchev–Trinajstić information content (AvgIpc) is 3.39. The number of benzene rings is 1. The van der Waals surface area contributed by atoms with Gasteiger partial charge in [-0.3, -0.25) is 4.79 Å². The number of nitrogens with zero attached hydrogens (tertiary/aromatic N) is 3. The van der Waals surface area contributed by atoms with E-state index in [9.17, 15) is 4.79 Å². The molecule has 176 valence electrons. The van der Waals surface area contributed by atoms with Crippen molar-refractivity contribution in [3.8, 4) is 17.0 Å². The number of nitrogens with one attached hydrogen (secondary N) is 1. The summed E-state index contributed by atoms with van der Waals surface area (Å²) >= 11 is 6.95. The number of hydrogen-bond donors (Lipinski definition) is 2. The molecule has 1 spiro atoms. The number of carbonyl (C=O) groups is 1. The highest BCUT2D eigenvalue weighted by Gasteiger charge is 2.48. The van der Waals surface area contributed by atoms with Crippen LogP contribution in [0.5, 0.6) is 5.88 Å². The highest BCUT2D eigenvalue weighted by molar-refractivity contribution is 6.34. The van der Waals surface area contributed by atoms with Gasteiger partial charge in [0, 0.05) is 66.9 Å². The van der Waals surface area contributed by atoms with Crippen molar-refractivity contribution >= 4 is 29.0 Å². The highest BCUT2D eigenvalue weighted by Crippen LogP contribution is 2.52. The summed E-state index contributed by atoms with van der Waals surface area (Å²) in [6, 6.07) is 8.65. The van der Waals surface area contributed by atoms with Crippen LogP contribution in [0.2, 0.25) is 5.02 Å². The van der Waals surface area contributed by atoms with Gasteiger partial charge in [0.25, 0.3) is 5.91 Å². The largest absolute Gasteiger partial charge is 0.474 e. The topological polar surface area (TPSA) is 93.4 Å². The van der Waals surface area contributed by atoms with E-state index >= 15 is 4.39 Å². The molecule has 7 nitrogen and oxygen atoms in total. The third-order valence-electron chi connectivity index (χ3n) is 6.71. The number of amides is 1. The smallest absolute Gasteiger partial charge is 0.258 e. The van der Waals surface area contributed by atoms with E-state index < -0.39 is 11.7 Å². The van der Waals surface area contributed by atoms with Gasteiger partial charge in [-0.2, -0.15) is 0 Å². The minimum atomic E-state index is -0.704. The van der Waals surface area contributed by atoms with Crippen LogP contribution in [-0.4, -0.2) is 47.5 Å². The molecule has 2 aliphatic rings. The van der Waals surface area contributed by atoms with Crippen molar-refractivity contribution < 1.29 is 13.9 Å². The van der Waals surface area contributed by atoms with Crippen LogP contribution in [-0.2, 0) is 5.41 Å². The van der Waals surface area contributed by atoms with Gasteiger partial charge in [0.2, 0.25) is 5.88 Å². The summed E-state index contributed by atoms with van der Waals surface area (Å²) in [5, 5.41) is 3.79. The quantitative estimate of drug-likeness (QED) is 0.532. The maximum atomic E-state index is 15.6. The Balaban J connectivity index is 1.52. The first-order chi connectivity index (χ1) is 16.3. The summed E-state index contributed by atoms with van der Waals surface area (Å²) in [5.74, 6) is 0.0825. The molecule has 1 aromatic carbocycles. The van der Waals surface area contributed by atoms with Crippen molar-refractivity contribution in [2.45, 2.75) is 30.8 Å². The van der Waals surface area contributed by atoms with Crippen LogP contribution in [0.3, 0.4) is 0 Å². The molecule has 3 N–H and O–H groups in total. The molecule has 2 unspecified atom stereocenters. The summed E-state index contributed by atoms with van der Waals surface area (Å²) in [7, 11) is 3.10. The zero-order chi connectivity index (χ0) is 24.0. The van der Waals surface area contributed by atoms with Gasteiger partial charge in [0.1, 0.15) is 17.7 Å². The van der Waals surface area contributed by atoms with Gasteiger partial charge in [0.15, 0.2) is 0 Å². The summed E-state index contributed by atoms with van der Waals surface area (Å²) in [4.78, 5) is 22.7. The molecule has 9 heteroatoms. The Kier molecular flexibility index (Phi) is 5.56. The Morgan fingerprint density at radius 3 is 2.82 bits per heavy atom. The molecule has 2 aromatic heterocycles. The number of nitrogen functional groups attached to an aromatic ring is 1. The lowest BCUT2D eigenvalue weighted by molar-refractivity contribution is 0.0824. The number of hydrogen-bond acceptors (Lipinski definition) is 6. The number of anilines is 2. The Labute approximate surface area is 202 Å². The van der Waals surface area contributed by atoms with Crippen LogP contribution in [0.15, 0.2) is 42.7 Å². The number of pyridine rings is 2. The molecule has 0 saturated heterocycles. The molecule has 5 rings (SSSR count). The summed E-state index contributed by atoms with van der Waals surface area (Å²) in [6.07, 6.45) is 5.67. The van der Waals surface area contributed by atoms with Crippen molar-refractivity contribution in [1.82, 2.24) is 14.9 Å². The van der Waals surface area contributed by atoms with Crippen molar-refractivity contribution in [2.75, 3.05) is 31.7 Å². The molecule has 1 saturated carbocycles. The van der Waals surface area contributed by atoms with Gasteiger partial charge in [-0.1, -0.05) is 17.7 Å². The minimum absolute atomic E-state index is 0.0139. The first-order valence-electron chi connectivity index (χ1n) is 11.1. The fourth-order valence-corrected chi connectivity index (χ4v) is 5.47. The maximum absolute atomic E-state index is 15.6. The third-order valence-corrected chi connectivity index (χ3v) is 7.11. The second kappa shape index (κ2) is 8.43. The first-order valence-corrected chi connectivity index (χ1v) is 11.5. The number of nitrogens with two attached hydrogens (primary N) is 1. The third kappa shape index (κ3) is 3.62. The molecular weight excluding hydrogens is 457 g/mol. The van der Waals surface area contributed by atoms with Crippen molar-refractivity contribution in [3.63, 3.8) is 0 Å². The second-order valence-electron chi connectivity index (χ2n) is 9.08. The zero-order valence-electron chi connectivity index (χ0n) is 18.9. The van der Waals surface area contributed by atoms with Gasteiger partial charge < -0.3 is 20.7 Å². The molecule has 3 aromatic rings. The van der Waals surface area contributed by atoms with E-state index in [2.05, 4.69) is 15.3 Å². The monoisotopic (exact) mass is 481 g/mol. The fourth-order valence-electron chi connectivity index (χ4n) is 5.03. The van der Waals surface area contributed by atoms with Gasteiger partial charge in [0.05, 0.1) is 10.6 Å². The molecule has 1 fully saturated rings. The van der Waals surface area contributed by atoms with Gasteiger partial charge in [-0.05, 0) is 37.5 Å². The van der Waals surface area contributed by atoms with Crippen molar-refractivity contribution in [3.05, 3.63) is 64.7 Å². The standard InChI is InChI=1S/C25H25ClFN5O2/c1-32(2)24(33)19-17(28)7-6-15(22(19)27)16-12-30-23-20(21(16)26)25(13-31-23)9-8-14(11-25)34-18-5-3-4-10-29-18/h3-7,10,12,14H,8-9,11,13,28H2,1-2H3,(H,30,31). The number of ether oxygens (including phenoxy) is 1. The maximum Gasteiger partial charge on any atom is 0.258 e. The number of rotatable bonds is 4. The Morgan fingerprint density at radius 1 is 1.26 bits per heavy atom. The molecule has 34 heavy (non-hydrogen) atoms. The molecular formula is C25H25ClFN5O2. The zero-order valence-corrected chi connectivity index (χ0v) is 19.7. The summed E-state index contributed by atoms with van der Waals surface area (Å²) in [5.41, 5.74) is 7.07. The van der Waals surface area contributed by atoms with Crippen LogP contribution >= 0.6 is 11.6 Å². The Morgan fingerprint density at radius 2 is 2.09 bits per heavy atom. The molecule has 0 radical (unpaired) electrons. The normalized spacial score (nSPS) is 20.8. The van der Waals surface area contributed by atoms with E-state index in [1.54, 1.807) is 32.6 Å². The molecule has 2 atom stereocenters. The lowest BCUT2D eigenvalue weighted by Crippen LogP contribution is -2.27. The van der Waals surface area contributed by atoms with E-state index in [0.29, 0.717) is 28.8 Å². The molecule has 1 aliphatic carbocycles. The molecule has 3 heterocycles. The predicted molar refractivity (Wildman–Crippen MR) is 130 cm³/mol. The number of fused-ring (bicyclic) bond motifs is 2. The highest BCUT2D eigenvalue weighted by atomic mass is 35.5. The van der Waals surface area contributed by atoms with E-state index in [4.69, 9.17) is 22.1 Å². The molecule has 0 bridgehead atoms. The lowest BCUT2D eigenvalue weighted by atomic mass is 9.80. The SMILES string of the molecule is CN(C)C(=O)c1c(N)ccc(-c2cnc3c(c2Cl)C2(CCC(Oc4ccccn4)C2)CN3)c1F. The van der Waals surface area contributed by atoms with Crippen molar-refractivity contribution in [2.24, 2.45) is 0 Å². The van der Waals surface area contributed by atoms with E-state index in [0.717, 1.165) is 24.8 Å². The summed E-state index contributed by atoms with van der Waals surface area (Å²) in [6.45, 7) is 0.676. The van der Waals surface area contributed by atoms with E-state index in [-0.39, 0.29) is 28.3 Å². The van der Waals surface area contributed by atoms with Gasteiger partial charge in [-0.15, -0.1) is 0 Å². The van der Waals surface area contributed by atoms with Crippen LogP contribution in [0.1, 0.15) is 35.2 Å². The van der Waals surface area contributed by atoms with Crippen LogP contribution < -0.4 is 15.8 Å². The first kappa shape index (κ1) is 22.4. The van der Waals surface area contributed by atoms with Crippen LogP contribution in [0.25, 0.3) is 11.1 Å². The fraction of sp³-hybridized carbons (Fsp3) is 0.320. The van der Waals surface area contributed by atoms with Crippen molar-refractivity contribution in [1.29, 1.82) is 0 Å². The minimum Gasteiger partial charge on any atom is -0.474 e. The Hall–Kier alpha value is -3.39. The second-order valence-corrected chi connectivity index (χ2v) is 9.46. The summed E-state index contributed by atoms with van der Waals surface area (Å²) < 4.78 is 21.7. The van der Waals surface area contributed by atoms with Crippen LogP contribution in [0.4, 0.5) is 15.9 Å². The van der Waals surface area contributed by atoms with E-state index in [1.807, 2.05) is 18.2 Å². The van der Waals surface area contributed by atoms with Crippen LogP contribution in [0, 0.1) is 5.82 Å². The van der Waals surface area contributed by atoms with E-state index in [1.165, 1.54) is 11.0 Å².